The lowest BCUT2D eigenvalue weighted by molar-refractivity contribution is -0.384. The van der Waals surface area contributed by atoms with Gasteiger partial charge in [-0.3, -0.25) is 10.1 Å². The van der Waals surface area contributed by atoms with Crippen molar-refractivity contribution in [3.8, 4) is 5.00 Å². The molecule has 0 spiro atoms. The average Bonchev–Trinajstić information content (AvgIpc) is 2.91. The van der Waals surface area contributed by atoms with Crippen LogP contribution in [0.3, 0.4) is 0 Å². The lowest BCUT2D eigenvalue weighted by Crippen LogP contribution is -2.00. The van der Waals surface area contributed by atoms with E-state index in [9.17, 15) is 15.2 Å². The standard InChI is InChI=1S/C13H17N3O3S/c1-5-10-7(2)14-15(8(10)3)13-11(16(18)19)6-12(20-13)9(4)17/h6,9,17H,5H2,1-4H3/t9-/m0/s1. The zero-order chi connectivity index (χ0) is 15.0. The Morgan fingerprint density at radius 1 is 1.55 bits per heavy atom. The summed E-state index contributed by atoms with van der Waals surface area (Å²) in [7, 11) is 0. The lowest BCUT2D eigenvalue weighted by atomic mass is 10.1. The van der Waals surface area contributed by atoms with E-state index in [1.54, 1.807) is 11.6 Å². The predicted molar refractivity (Wildman–Crippen MR) is 77.6 cm³/mol. The Morgan fingerprint density at radius 3 is 2.65 bits per heavy atom. The predicted octanol–water partition coefficient (Wildman–Crippen LogP) is 3.07. The van der Waals surface area contributed by atoms with E-state index in [4.69, 9.17) is 0 Å². The second-order valence-electron chi connectivity index (χ2n) is 4.69. The van der Waals surface area contributed by atoms with Crippen molar-refractivity contribution in [2.24, 2.45) is 0 Å². The van der Waals surface area contributed by atoms with Gasteiger partial charge >= 0.3 is 5.69 Å². The third-order valence-electron chi connectivity index (χ3n) is 3.31. The van der Waals surface area contributed by atoms with E-state index < -0.39 is 11.0 Å². The maximum absolute atomic E-state index is 11.2. The first-order chi connectivity index (χ1) is 9.36. The zero-order valence-corrected chi connectivity index (χ0v) is 12.7. The van der Waals surface area contributed by atoms with E-state index in [1.807, 2.05) is 20.8 Å². The van der Waals surface area contributed by atoms with Crippen molar-refractivity contribution < 1.29 is 10.0 Å². The Kier molecular flexibility index (Phi) is 3.92. The van der Waals surface area contributed by atoms with Gasteiger partial charge in [-0.05, 0) is 32.8 Å². The minimum absolute atomic E-state index is 0.0147. The van der Waals surface area contributed by atoms with Gasteiger partial charge in [-0.1, -0.05) is 6.92 Å². The molecule has 0 bridgehead atoms. The van der Waals surface area contributed by atoms with Crippen molar-refractivity contribution in [3.63, 3.8) is 0 Å². The molecule has 2 heterocycles. The number of aliphatic hydroxyl groups is 1. The molecule has 0 fully saturated rings. The van der Waals surface area contributed by atoms with Gasteiger partial charge in [0.2, 0.25) is 0 Å². The molecule has 108 valence electrons. The SMILES string of the molecule is CCc1c(C)nn(-c2sc([C@H](C)O)cc2[N+](=O)[O-])c1C. The van der Waals surface area contributed by atoms with Crippen molar-refractivity contribution in [3.05, 3.63) is 38.0 Å². The number of rotatable bonds is 4. The molecule has 0 saturated heterocycles. The van der Waals surface area contributed by atoms with Gasteiger partial charge in [0, 0.05) is 16.6 Å². The van der Waals surface area contributed by atoms with Crippen molar-refractivity contribution in [1.82, 2.24) is 9.78 Å². The van der Waals surface area contributed by atoms with Gasteiger partial charge in [0.15, 0.2) is 5.00 Å². The van der Waals surface area contributed by atoms with Gasteiger partial charge in [-0.2, -0.15) is 5.10 Å². The van der Waals surface area contributed by atoms with Crippen LogP contribution in [0.25, 0.3) is 5.00 Å². The molecule has 0 radical (unpaired) electrons. The molecule has 2 aromatic rings. The van der Waals surface area contributed by atoms with Crippen LogP contribution in [-0.2, 0) is 6.42 Å². The fourth-order valence-electron chi connectivity index (χ4n) is 2.26. The van der Waals surface area contributed by atoms with Crippen LogP contribution in [-0.4, -0.2) is 19.8 Å². The zero-order valence-electron chi connectivity index (χ0n) is 11.9. The molecule has 0 unspecified atom stereocenters. The molecule has 7 heteroatoms. The molecule has 20 heavy (non-hydrogen) atoms. The van der Waals surface area contributed by atoms with Crippen LogP contribution in [0.2, 0.25) is 0 Å². The highest BCUT2D eigenvalue weighted by atomic mass is 32.1. The third kappa shape index (κ3) is 2.34. The fraction of sp³-hybridized carbons (Fsp3) is 0.462. The molecule has 0 aliphatic rings. The number of hydrogen-bond donors (Lipinski definition) is 1. The summed E-state index contributed by atoms with van der Waals surface area (Å²) in [5, 5.41) is 25.7. The molecule has 0 aliphatic heterocycles. The van der Waals surface area contributed by atoms with E-state index >= 15 is 0 Å². The van der Waals surface area contributed by atoms with Gasteiger partial charge in [-0.25, -0.2) is 4.68 Å². The van der Waals surface area contributed by atoms with E-state index in [0.717, 1.165) is 23.4 Å². The van der Waals surface area contributed by atoms with Crippen LogP contribution in [0.4, 0.5) is 5.69 Å². The second kappa shape index (κ2) is 5.34. The summed E-state index contributed by atoms with van der Waals surface area (Å²) in [6.07, 6.45) is 0.107. The highest BCUT2D eigenvalue weighted by molar-refractivity contribution is 7.15. The number of nitrogens with zero attached hydrogens (tertiary/aromatic N) is 3. The lowest BCUT2D eigenvalue weighted by Gasteiger charge is -2.02. The molecular formula is C13H17N3O3S. The van der Waals surface area contributed by atoms with Crippen LogP contribution in [0.15, 0.2) is 6.07 Å². The van der Waals surface area contributed by atoms with Crippen molar-refractivity contribution >= 4 is 17.0 Å². The summed E-state index contributed by atoms with van der Waals surface area (Å²) in [5.74, 6) is 0. The van der Waals surface area contributed by atoms with E-state index in [2.05, 4.69) is 5.10 Å². The maximum atomic E-state index is 11.2. The van der Waals surface area contributed by atoms with Crippen LogP contribution in [0, 0.1) is 24.0 Å². The molecule has 0 aliphatic carbocycles. The Bertz CT molecular complexity index is 658. The summed E-state index contributed by atoms with van der Waals surface area (Å²) in [6, 6.07) is 1.42. The van der Waals surface area contributed by atoms with Gasteiger partial charge < -0.3 is 5.11 Å². The first-order valence-corrected chi connectivity index (χ1v) is 7.20. The van der Waals surface area contributed by atoms with E-state index in [1.165, 1.54) is 17.4 Å². The van der Waals surface area contributed by atoms with Gasteiger partial charge in [-0.15, -0.1) is 11.3 Å². The second-order valence-corrected chi connectivity index (χ2v) is 5.75. The first-order valence-electron chi connectivity index (χ1n) is 6.38. The number of aliphatic hydroxyl groups excluding tert-OH is 1. The summed E-state index contributed by atoms with van der Waals surface area (Å²) in [6.45, 7) is 7.44. The smallest absolute Gasteiger partial charge is 0.306 e. The Labute approximate surface area is 120 Å². The minimum Gasteiger partial charge on any atom is -0.388 e. The summed E-state index contributed by atoms with van der Waals surface area (Å²) < 4.78 is 1.61. The number of thiophene rings is 1. The van der Waals surface area contributed by atoms with Crippen molar-refractivity contribution in [1.29, 1.82) is 0 Å². The molecule has 0 amide bonds. The van der Waals surface area contributed by atoms with Crippen LogP contribution in [0.1, 0.15) is 41.8 Å². The Balaban J connectivity index is 2.65. The largest absolute Gasteiger partial charge is 0.388 e. The normalized spacial score (nSPS) is 12.7. The fourth-order valence-corrected chi connectivity index (χ4v) is 3.33. The number of hydrogen-bond acceptors (Lipinski definition) is 5. The van der Waals surface area contributed by atoms with Crippen molar-refractivity contribution in [2.45, 2.75) is 40.2 Å². The molecular weight excluding hydrogens is 278 g/mol. The van der Waals surface area contributed by atoms with E-state index in [0.29, 0.717) is 9.88 Å². The summed E-state index contributed by atoms with van der Waals surface area (Å²) in [4.78, 5) is 11.3. The van der Waals surface area contributed by atoms with Gasteiger partial charge in [0.05, 0.1) is 16.7 Å². The quantitative estimate of drug-likeness (QED) is 0.694. The maximum Gasteiger partial charge on any atom is 0.306 e. The topological polar surface area (TPSA) is 81.2 Å². The Morgan fingerprint density at radius 2 is 2.20 bits per heavy atom. The summed E-state index contributed by atoms with van der Waals surface area (Å²) >= 11 is 1.20. The molecule has 2 aromatic heterocycles. The summed E-state index contributed by atoms with van der Waals surface area (Å²) in [5.41, 5.74) is 2.88. The minimum atomic E-state index is -0.727. The van der Waals surface area contributed by atoms with Crippen molar-refractivity contribution in [2.75, 3.05) is 0 Å². The molecule has 6 nitrogen and oxygen atoms in total. The van der Waals surface area contributed by atoms with Crippen LogP contribution < -0.4 is 0 Å². The highest BCUT2D eigenvalue weighted by Crippen LogP contribution is 2.36. The highest BCUT2D eigenvalue weighted by Gasteiger charge is 2.25. The molecule has 2 rings (SSSR count). The molecule has 0 saturated carbocycles. The van der Waals surface area contributed by atoms with Gasteiger partial charge in [0.25, 0.3) is 0 Å². The number of aromatic nitrogens is 2. The first kappa shape index (κ1) is 14.7. The van der Waals surface area contributed by atoms with Gasteiger partial charge in [0.1, 0.15) is 0 Å². The monoisotopic (exact) mass is 295 g/mol. The van der Waals surface area contributed by atoms with Crippen LogP contribution in [0.5, 0.6) is 0 Å². The molecule has 0 aromatic carbocycles. The number of nitro groups is 1. The van der Waals surface area contributed by atoms with E-state index in [-0.39, 0.29) is 5.69 Å². The third-order valence-corrected chi connectivity index (χ3v) is 4.58. The molecule has 1 N–H and O–H groups in total. The average molecular weight is 295 g/mol. The van der Waals surface area contributed by atoms with Crippen LogP contribution >= 0.6 is 11.3 Å². The molecule has 1 atom stereocenters. The number of aryl methyl sites for hydroxylation is 1. The Hall–Kier alpha value is -1.73.